The van der Waals surface area contributed by atoms with Crippen molar-refractivity contribution in [3.63, 3.8) is 0 Å². The SMILES string of the molecule is C=CCNC(=O)c1ccnc(C(C)(C)C)c1. The van der Waals surface area contributed by atoms with Crippen LogP contribution in [0.5, 0.6) is 0 Å². The van der Waals surface area contributed by atoms with Gasteiger partial charge in [0.15, 0.2) is 0 Å². The first-order valence-electron chi connectivity index (χ1n) is 5.31. The van der Waals surface area contributed by atoms with E-state index in [1.165, 1.54) is 0 Å². The second kappa shape index (κ2) is 4.92. The van der Waals surface area contributed by atoms with Crippen LogP contribution in [0.3, 0.4) is 0 Å². The van der Waals surface area contributed by atoms with E-state index in [9.17, 15) is 4.79 Å². The maximum absolute atomic E-state index is 11.7. The molecule has 3 nitrogen and oxygen atoms in total. The molecule has 0 saturated carbocycles. The number of hydrogen-bond donors (Lipinski definition) is 1. The Labute approximate surface area is 96.6 Å². The Kier molecular flexibility index (Phi) is 3.82. The lowest BCUT2D eigenvalue weighted by Gasteiger charge is -2.17. The van der Waals surface area contributed by atoms with Crippen molar-refractivity contribution >= 4 is 5.91 Å². The van der Waals surface area contributed by atoms with Crippen LogP contribution >= 0.6 is 0 Å². The fraction of sp³-hybridized carbons (Fsp3) is 0.385. The van der Waals surface area contributed by atoms with Gasteiger partial charge in [-0.3, -0.25) is 9.78 Å². The van der Waals surface area contributed by atoms with Crippen molar-refractivity contribution in [2.24, 2.45) is 0 Å². The van der Waals surface area contributed by atoms with E-state index in [1.54, 1.807) is 18.3 Å². The van der Waals surface area contributed by atoms with Gasteiger partial charge >= 0.3 is 0 Å². The molecule has 0 fully saturated rings. The van der Waals surface area contributed by atoms with Gasteiger partial charge in [-0.15, -0.1) is 6.58 Å². The first kappa shape index (κ1) is 12.4. The van der Waals surface area contributed by atoms with Crippen LogP contribution in [0.25, 0.3) is 0 Å². The third kappa shape index (κ3) is 3.19. The molecular formula is C13H18N2O. The number of carbonyl (C=O) groups is 1. The van der Waals surface area contributed by atoms with Gasteiger partial charge in [-0.25, -0.2) is 0 Å². The molecule has 0 unspecified atom stereocenters. The summed E-state index contributed by atoms with van der Waals surface area (Å²) < 4.78 is 0. The predicted molar refractivity (Wildman–Crippen MR) is 65.5 cm³/mol. The van der Waals surface area contributed by atoms with Crippen LogP contribution < -0.4 is 5.32 Å². The standard InChI is InChI=1S/C13H18N2O/c1-5-7-15-12(16)10-6-8-14-11(9-10)13(2,3)4/h5-6,8-9H,1,7H2,2-4H3,(H,15,16). The van der Waals surface area contributed by atoms with Crippen molar-refractivity contribution in [3.05, 3.63) is 42.2 Å². The van der Waals surface area contributed by atoms with Gasteiger partial charge in [0.05, 0.1) is 0 Å². The molecule has 1 N–H and O–H groups in total. The summed E-state index contributed by atoms with van der Waals surface area (Å²) >= 11 is 0. The van der Waals surface area contributed by atoms with Gasteiger partial charge in [0.1, 0.15) is 0 Å². The van der Waals surface area contributed by atoms with Crippen LogP contribution in [0, 0.1) is 0 Å². The Hall–Kier alpha value is -1.64. The summed E-state index contributed by atoms with van der Waals surface area (Å²) in [5.41, 5.74) is 1.51. The van der Waals surface area contributed by atoms with Crippen molar-refractivity contribution in [2.45, 2.75) is 26.2 Å². The summed E-state index contributed by atoms with van der Waals surface area (Å²) in [5.74, 6) is -0.0900. The summed E-state index contributed by atoms with van der Waals surface area (Å²) in [4.78, 5) is 16.0. The molecule has 0 spiro atoms. The zero-order valence-corrected chi connectivity index (χ0v) is 10.1. The summed E-state index contributed by atoms with van der Waals surface area (Å²) in [5, 5.41) is 2.74. The van der Waals surface area contributed by atoms with Crippen LogP contribution in [0.1, 0.15) is 36.8 Å². The minimum Gasteiger partial charge on any atom is -0.349 e. The van der Waals surface area contributed by atoms with Crippen molar-refractivity contribution in [1.29, 1.82) is 0 Å². The molecule has 0 saturated heterocycles. The van der Waals surface area contributed by atoms with E-state index in [-0.39, 0.29) is 11.3 Å². The van der Waals surface area contributed by atoms with E-state index in [4.69, 9.17) is 0 Å². The third-order valence-corrected chi connectivity index (χ3v) is 2.20. The van der Waals surface area contributed by atoms with Crippen molar-refractivity contribution in [3.8, 4) is 0 Å². The summed E-state index contributed by atoms with van der Waals surface area (Å²) in [6.45, 7) is 10.2. The fourth-order valence-electron chi connectivity index (χ4n) is 1.25. The largest absolute Gasteiger partial charge is 0.349 e. The van der Waals surface area contributed by atoms with E-state index in [0.717, 1.165) is 5.69 Å². The Balaban J connectivity index is 2.90. The smallest absolute Gasteiger partial charge is 0.251 e. The number of aromatic nitrogens is 1. The van der Waals surface area contributed by atoms with Gasteiger partial charge in [0.25, 0.3) is 5.91 Å². The number of pyridine rings is 1. The van der Waals surface area contributed by atoms with Gasteiger partial charge in [-0.1, -0.05) is 26.8 Å². The molecule has 86 valence electrons. The topological polar surface area (TPSA) is 42.0 Å². The molecule has 1 aromatic heterocycles. The average molecular weight is 218 g/mol. The van der Waals surface area contributed by atoms with Gasteiger partial charge in [0, 0.05) is 29.4 Å². The number of rotatable bonds is 3. The number of hydrogen-bond acceptors (Lipinski definition) is 2. The Morgan fingerprint density at radius 1 is 1.56 bits per heavy atom. The molecular weight excluding hydrogens is 200 g/mol. The molecule has 0 radical (unpaired) electrons. The van der Waals surface area contributed by atoms with E-state index in [0.29, 0.717) is 12.1 Å². The fourth-order valence-corrected chi connectivity index (χ4v) is 1.25. The van der Waals surface area contributed by atoms with Crippen LogP contribution in [0.4, 0.5) is 0 Å². The lowest BCUT2D eigenvalue weighted by atomic mass is 9.91. The maximum Gasteiger partial charge on any atom is 0.251 e. The number of amides is 1. The molecule has 0 aliphatic heterocycles. The Bertz CT molecular complexity index is 391. The quantitative estimate of drug-likeness (QED) is 0.791. The lowest BCUT2D eigenvalue weighted by Crippen LogP contribution is -2.24. The summed E-state index contributed by atoms with van der Waals surface area (Å²) in [6, 6.07) is 3.55. The number of nitrogens with zero attached hydrogens (tertiary/aromatic N) is 1. The third-order valence-electron chi connectivity index (χ3n) is 2.20. The number of carbonyl (C=O) groups excluding carboxylic acids is 1. The van der Waals surface area contributed by atoms with E-state index in [2.05, 4.69) is 37.7 Å². The minimum absolute atomic E-state index is 0.0469. The van der Waals surface area contributed by atoms with Gasteiger partial charge in [0.2, 0.25) is 0 Å². The Morgan fingerprint density at radius 3 is 2.81 bits per heavy atom. The number of nitrogens with one attached hydrogen (secondary N) is 1. The summed E-state index contributed by atoms with van der Waals surface area (Å²) in [6.07, 6.45) is 3.33. The van der Waals surface area contributed by atoms with Crippen molar-refractivity contribution in [1.82, 2.24) is 10.3 Å². The van der Waals surface area contributed by atoms with Crippen LogP contribution in [-0.2, 0) is 5.41 Å². The molecule has 3 heteroatoms. The van der Waals surface area contributed by atoms with E-state index >= 15 is 0 Å². The predicted octanol–water partition coefficient (Wildman–Crippen LogP) is 2.29. The van der Waals surface area contributed by atoms with Crippen molar-refractivity contribution in [2.75, 3.05) is 6.54 Å². The zero-order chi connectivity index (χ0) is 12.2. The molecule has 1 aromatic rings. The van der Waals surface area contributed by atoms with E-state index < -0.39 is 0 Å². The first-order chi connectivity index (χ1) is 7.45. The average Bonchev–Trinajstić information content (AvgIpc) is 2.25. The molecule has 1 heterocycles. The molecule has 0 bridgehead atoms. The molecule has 0 aromatic carbocycles. The molecule has 0 atom stereocenters. The first-order valence-corrected chi connectivity index (χ1v) is 5.31. The maximum atomic E-state index is 11.7. The zero-order valence-electron chi connectivity index (χ0n) is 10.1. The second-order valence-corrected chi connectivity index (χ2v) is 4.68. The van der Waals surface area contributed by atoms with Crippen molar-refractivity contribution < 1.29 is 4.79 Å². The van der Waals surface area contributed by atoms with Crippen LogP contribution in [0.2, 0.25) is 0 Å². The lowest BCUT2D eigenvalue weighted by molar-refractivity contribution is 0.0957. The van der Waals surface area contributed by atoms with Crippen LogP contribution in [0.15, 0.2) is 31.0 Å². The molecule has 0 aliphatic carbocycles. The highest BCUT2D eigenvalue weighted by Gasteiger charge is 2.16. The molecule has 0 aliphatic rings. The molecule has 16 heavy (non-hydrogen) atoms. The highest BCUT2D eigenvalue weighted by atomic mass is 16.1. The van der Waals surface area contributed by atoms with E-state index in [1.807, 2.05) is 6.07 Å². The summed E-state index contributed by atoms with van der Waals surface area (Å²) in [7, 11) is 0. The normalized spacial score (nSPS) is 10.9. The van der Waals surface area contributed by atoms with Gasteiger partial charge in [-0.05, 0) is 12.1 Å². The molecule has 1 amide bonds. The van der Waals surface area contributed by atoms with Crippen LogP contribution in [-0.4, -0.2) is 17.4 Å². The minimum atomic E-state index is -0.0900. The highest BCUT2D eigenvalue weighted by Crippen LogP contribution is 2.20. The van der Waals surface area contributed by atoms with Gasteiger partial charge < -0.3 is 5.32 Å². The second-order valence-electron chi connectivity index (χ2n) is 4.68. The Morgan fingerprint density at radius 2 is 2.25 bits per heavy atom. The van der Waals surface area contributed by atoms with Gasteiger partial charge in [-0.2, -0.15) is 0 Å². The molecule has 1 rings (SSSR count). The highest BCUT2D eigenvalue weighted by molar-refractivity contribution is 5.94. The monoisotopic (exact) mass is 218 g/mol.